The Labute approximate surface area is 118 Å². The van der Waals surface area contributed by atoms with E-state index in [2.05, 4.69) is 10.8 Å². The molecule has 1 aromatic rings. The number of nitrogens with one attached hydrogen (secondary N) is 2. The van der Waals surface area contributed by atoms with Gasteiger partial charge in [-0.05, 0) is 42.5 Å². The number of phenolic OH excluding ortho intramolecular Hbond substituents is 1. The summed E-state index contributed by atoms with van der Waals surface area (Å²) in [5.41, 5.74) is 6.70. The van der Waals surface area contributed by atoms with Crippen molar-refractivity contribution in [3.05, 3.63) is 34.9 Å². The second kappa shape index (κ2) is 6.43. The fourth-order valence-corrected chi connectivity index (χ4v) is 2.06. The fourth-order valence-electron chi connectivity index (χ4n) is 2.06. The largest absolute Gasteiger partial charge is 0.507 e. The van der Waals surface area contributed by atoms with Gasteiger partial charge in [0, 0.05) is 19.0 Å². The van der Waals surface area contributed by atoms with Crippen molar-refractivity contribution >= 4 is 11.6 Å². The highest BCUT2D eigenvalue weighted by atomic mass is 16.6. The molecule has 0 saturated heterocycles. The van der Waals surface area contributed by atoms with Crippen molar-refractivity contribution in [2.24, 2.45) is 0 Å². The standard InChI is InChI=1S/C15H20N2O3/c1-10(18)16-8-7-11-3-6-13(14(19)9-11)15(17-20-2)12-4-5-12/h3,6,9,17,19H,4-5,7-8H2,1-2H3,(H,16,18). The van der Waals surface area contributed by atoms with Crippen molar-refractivity contribution in [1.82, 2.24) is 10.8 Å². The fraction of sp³-hybridized carbons (Fsp3) is 0.400. The summed E-state index contributed by atoms with van der Waals surface area (Å²) < 4.78 is 0. The van der Waals surface area contributed by atoms with Crippen LogP contribution in [0.15, 0.2) is 23.8 Å². The van der Waals surface area contributed by atoms with Crippen LogP contribution in [0.2, 0.25) is 0 Å². The number of rotatable bonds is 6. The van der Waals surface area contributed by atoms with Crippen molar-refractivity contribution in [3.63, 3.8) is 0 Å². The van der Waals surface area contributed by atoms with Crippen LogP contribution in [0, 0.1) is 0 Å². The summed E-state index contributed by atoms with van der Waals surface area (Å²) in [6.07, 6.45) is 2.77. The van der Waals surface area contributed by atoms with Crippen molar-refractivity contribution in [2.45, 2.75) is 26.2 Å². The molecular weight excluding hydrogens is 256 g/mol. The van der Waals surface area contributed by atoms with E-state index < -0.39 is 0 Å². The van der Waals surface area contributed by atoms with Crippen LogP contribution in [0.5, 0.6) is 5.75 Å². The molecule has 1 aromatic carbocycles. The minimum absolute atomic E-state index is 0.0455. The quantitative estimate of drug-likeness (QED) is 0.692. The van der Waals surface area contributed by atoms with Crippen LogP contribution in [0.25, 0.3) is 5.70 Å². The summed E-state index contributed by atoms with van der Waals surface area (Å²) in [5, 5.41) is 12.9. The number of benzene rings is 1. The lowest BCUT2D eigenvalue weighted by molar-refractivity contribution is -0.118. The molecule has 0 aliphatic heterocycles. The van der Waals surface area contributed by atoms with E-state index >= 15 is 0 Å². The first-order valence-electron chi connectivity index (χ1n) is 6.69. The normalized spacial score (nSPS) is 13.0. The average molecular weight is 276 g/mol. The SMILES string of the molecule is CONC(=C1CC1)c1ccc(CCNC(C)=O)cc1O. The first kappa shape index (κ1) is 14.4. The molecule has 0 radical (unpaired) electrons. The summed E-state index contributed by atoms with van der Waals surface area (Å²) in [5.74, 6) is 0.181. The van der Waals surface area contributed by atoms with Crippen LogP contribution in [0.1, 0.15) is 30.9 Å². The first-order chi connectivity index (χ1) is 9.61. The van der Waals surface area contributed by atoms with E-state index in [-0.39, 0.29) is 11.7 Å². The van der Waals surface area contributed by atoms with Gasteiger partial charge >= 0.3 is 0 Å². The number of carbonyl (C=O) groups excluding carboxylic acids is 1. The third kappa shape index (κ3) is 3.74. The van der Waals surface area contributed by atoms with Crippen LogP contribution in [-0.4, -0.2) is 24.7 Å². The molecule has 1 fully saturated rings. The molecule has 0 bridgehead atoms. The van der Waals surface area contributed by atoms with Gasteiger partial charge in [0.2, 0.25) is 5.91 Å². The summed E-state index contributed by atoms with van der Waals surface area (Å²) in [7, 11) is 1.56. The van der Waals surface area contributed by atoms with Crippen LogP contribution in [0.3, 0.4) is 0 Å². The highest BCUT2D eigenvalue weighted by molar-refractivity contribution is 5.74. The number of amides is 1. The van der Waals surface area contributed by atoms with Gasteiger partial charge in [-0.2, -0.15) is 0 Å². The van der Waals surface area contributed by atoms with Gasteiger partial charge in [0.05, 0.1) is 12.8 Å². The lowest BCUT2D eigenvalue weighted by Gasteiger charge is -2.12. The number of aromatic hydroxyl groups is 1. The molecule has 0 heterocycles. The minimum atomic E-state index is -0.0455. The number of allylic oxidation sites excluding steroid dienone is 1. The molecule has 1 amide bonds. The molecule has 1 aliphatic rings. The maximum absolute atomic E-state index is 10.8. The van der Waals surface area contributed by atoms with Crippen molar-refractivity contribution in [3.8, 4) is 5.75 Å². The van der Waals surface area contributed by atoms with Gasteiger partial charge in [-0.1, -0.05) is 6.07 Å². The number of hydrogen-bond donors (Lipinski definition) is 3. The number of carbonyl (C=O) groups is 1. The van der Waals surface area contributed by atoms with E-state index in [0.717, 1.165) is 29.7 Å². The second-order valence-corrected chi connectivity index (χ2v) is 4.87. The third-order valence-electron chi connectivity index (χ3n) is 3.18. The molecule has 1 saturated carbocycles. The van der Waals surface area contributed by atoms with Gasteiger partial charge in [-0.25, -0.2) is 0 Å². The zero-order chi connectivity index (χ0) is 14.5. The number of hydroxylamine groups is 1. The van der Waals surface area contributed by atoms with E-state index in [0.29, 0.717) is 13.0 Å². The Hall–Kier alpha value is -2.01. The Morgan fingerprint density at radius 3 is 2.70 bits per heavy atom. The maximum Gasteiger partial charge on any atom is 0.216 e. The molecule has 1 aliphatic carbocycles. The Morgan fingerprint density at radius 1 is 1.40 bits per heavy atom. The van der Waals surface area contributed by atoms with Crippen LogP contribution in [-0.2, 0) is 16.1 Å². The molecule has 0 aromatic heterocycles. The van der Waals surface area contributed by atoms with Crippen molar-refractivity contribution in [2.75, 3.05) is 13.7 Å². The van der Waals surface area contributed by atoms with Crippen LogP contribution < -0.4 is 10.8 Å². The Kier molecular flexibility index (Phi) is 4.63. The van der Waals surface area contributed by atoms with E-state index in [1.165, 1.54) is 12.5 Å². The van der Waals surface area contributed by atoms with E-state index in [9.17, 15) is 9.90 Å². The average Bonchev–Trinajstić information content (AvgIpc) is 3.21. The van der Waals surface area contributed by atoms with Gasteiger partial charge in [-0.3, -0.25) is 15.1 Å². The summed E-state index contributed by atoms with van der Waals surface area (Å²) in [6, 6.07) is 5.57. The Balaban J connectivity index is 2.09. The molecule has 0 atom stereocenters. The topological polar surface area (TPSA) is 70.6 Å². The molecule has 0 spiro atoms. The smallest absolute Gasteiger partial charge is 0.216 e. The van der Waals surface area contributed by atoms with Gasteiger partial charge < -0.3 is 10.4 Å². The predicted molar refractivity (Wildman–Crippen MR) is 76.8 cm³/mol. The van der Waals surface area contributed by atoms with Gasteiger partial charge in [0.25, 0.3) is 0 Å². The summed E-state index contributed by atoms with van der Waals surface area (Å²) >= 11 is 0. The lowest BCUT2D eigenvalue weighted by Crippen LogP contribution is -2.22. The van der Waals surface area contributed by atoms with Crippen LogP contribution in [0.4, 0.5) is 0 Å². The van der Waals surface area contributed by atoms with E-state index in [4.69, 9.17) is 4.84 Å². The van der Waals surface area contributed by atoms with E-state index in [1.807, 2.05) is 12.1 Å². The van der Waals surface area contributed by atoms with Gasteiger partial charge in [0.15, 0.2) is 0 Å². The summed E-state index contributed by atoms with van der Waals surface area (Å²) in [6.45, 7) is 2.06. The van der Waals surface area contributed by atoms with Crippen molar-refractivity contribution in [1.29, 1.82) is 0 Å². The number of hydrogen-bond acceptors (Lipinski definition) is 4. The van der Waals surface area contributed by atoms with Crippen LogP contribution >= 0.6 is 0 Å². The highest BCUT2D eigenvalue weighted by Crippen LogP contribution is 2.37. The molecule has 5 heteroatoms. The first-order valence-corrected chi connectivity index (χ1v) is 6.69. The Morgan fingerprint density at radius 2 is 2.15 bits per heavy atom. The highest BCUT2D eigenvalue weighted by Gasteiger charge is 2.21. The molecule has 5 nitrogen and oxygen atoms in total. The minimum Gasteiger partial charge on any atom is -0.507 e. The lowest BCUT2D eigenvalue weighted by atomic mass is 10.0. The second-order valence-electron chi connectivity index (χ2n) is 4.87. The molecule has 3 N–H and O–H groups in total. The number of phenols is 1. The Bertz CT molecular complexity index is 532. The summed E-state index contributed by atoms with van der Waals surface area (Å²) in [4.78, 5) is 15.8. The maximum atomic E-state index is 10.8. The molecule has 0 unspecified atom stereocenters. The third-order valence-corrected chi connectivity index (χ3v) is 3.18. The zero-order valence-electron chi connectivity index (χ0n) is 11.8. The zero-order valence-corrected chi connectivity index (χ0v) is 11.8. The van der Waals surface area contributed by atoms with Crippen molar-refractivity contribution < 1.29 is 14.7 Å². The van der Waals surface area contributed by atoms with E-state index in [1.54, 1.807) is 13.2 Å². The monoisotopic (exact) mass is 276 g/mol. The van der Waals surface area contributed by atoms with Gasteiger partial charge in [-0.15, -0.1) is 0 Å². The predicted octanol–water partition coefficient (Wildman–Crippen LogP) is 1.73. The van der Waals surface area contributed by atoms with Gasteiger partial charge in [0.1, 0.15) is 5.75 Å². The molecule has 2 rings (SSSR count). The molecule has 108 valence electrons. The molecular formula is C15H20N2O3. The molecule has 20 heavy (non-hydrogen) atoms.